The SMILES string of the molecule is NCc1n[nH]c(=O)c2ccc(C3(C(=O)NCc4ccc(-c5ccccc5)cn4)CC3)cc12.c1cnc2c(c1)CCCC2. The Hall–Kier alpha value is -4.69. The normalized spacial score (nSPS) is 14.8. The molecular weight excluding hydrogens is 524 g/mol. The number of nitrogens with one attached hydrogen (secondary N) is 2. The van der Waals surface area contributed by atoms with Gasteiger partial charge < -0.3 is 11.1 Å². The van der Waals surface area contributed by atoms with Crippen molar-refractivity contribution in [1.29, 1.82) is 0 Å². The van der Waals surface area contributed by atoms with Crippen LogP contribution >= 0.6 is 0 Å². The minimum Gasteiger partial charge on any atom is -0.350 e. The van der Waals surface area contributed by atoms with Crippen molar-refractivity contribution in [2.24, 2.45) is 5.73 Å². The molecule has 0 radical (unpaired) electrons. The molecule has 2 aromatic carbocycles. The van der Waals surface area contributed by atoms with Gasteiger partial charge in [0.25, 0.3) is 5.56 Å². The first-order valence-electron chi connectivity index (χ1n) is 14.5. The molecule has 0 spiro atoms. The predicted octanol–water partition coefficient (Wildman–Crippen LogP) is 4.75. The van der Waals surface area contributed by atoms with Crippen LogP contribution in [0.5, 0.6) is 0 Å². The Balaban J connectivity index is 0.000000265. The number of aryl methyl sites for hydroxylation is 2. The number of aromatic nitrogens is 4. The molecule has 1 fully saturated rings. The third-order valence-corrected chi connectivity index (χ3v) is 8.25. The fourth-order valence-corrected chi connectivity index (χ4v) is 5.65. The maximum Gasteiger partial charge on any atom is 0.272 e. The Labute approximate surface area is 244 Å². The largest absolute Gasteiger partial charge is 0.350 e. The molecule has 0 aliphatic heterocycles. The number of carbonyl (C=O) groups excluding carboxylic acids is 1. The highest BCUT2D eigenvalue weighted by atomic mass is 16.2. The van der Waals surface area contributed by atoms with Gasteiger partial charge in [-0.15, -0.1) is 0 Å². The molecular formula is C34H34N6O2. The molecule has 4 N–H and O–H groups in total. The van der Waals surface area contributed by atoms with Crippen LogP contribution in [-0.4, -0.2) is 26.1 Å². The molecule has 3 heterocycles. The van der Waals surface area contributed by atoms with Crippen molar-refractivity contribution < 1.29 is 4.79 Å². The van der Waals surface area contributed by atoms with Crippen LogP contribution in [0.2, 0.25) is 0 Å². The molecule has 1 amide bonds. The number of hydrogen-bond donors (Lipinski definition) is 3. The van der Waals surface area contributed by atoms with Crippen molar-refractivity contribution in [2.75, 3.05) is 0 Å². The molecule has 1 saturated carbocycles. The van der Waals surface area contributed by atoms with E-state index in [1.54, 1.807) is 6.07 Å². The number of carbonyl (C=O) groups is 1. The highest BCUT2D eigenvalue weighted by Gasteiger charge is 2.51. The lowest BCUT2D eigenvalue weighted by molar-refractivity contribution is -0.123. The zero-order valence-electron chi connectivity index (χ0n) is 23.5. The van der Waals surface area contributed by atoms with Crippen molar-refractivity contribution in [3.05, 3.63) is 124 Å². The van der Waals surface area contributed by atoms with E-state index in [2.05, 4.69) is 31.5 Å². The molecule has 8 heteroatoms. The lowest BCUT2D eigenvalue weighted by atomic mass is 9.92. The summed E-state index contributed by atoms with van der Waals surface area (Å²) in [5, 5.41) is 10.8. The summed E-state index contributed by atoms with van der Waals surface area (Å²) >= 11 is 0. The second-order valence-corrected chi connectivity index (χ2v) is 10.9. The minimum atomic E-state index is -0.577. The van der Waals surface area contributed by atoms with Crippen LogP contribution in [0.3, 0.4) is 0 Å². The fourth-order valence-electron chi connectivity index (χ4n) is 5.65. The van der Waals surface area contributed by atoms with Gasteiger partial charge in [0.1, 0.15) is 0 Å². The Morgan fingerprint density at radius 2 is 1.74 bits per heavy atom. The lowest BCUT2D eigenvalue weighted by Crippen LogP contribution is -2.34. The third-order valence-electron chi connectivity index (χ3n) is 8.25. The van der Waals surface area contributed by atoms with Gasteiger partial charge in [0.05, 0.1) is 28.7 Å². The molecule has 212 valence electrons. The summed E-state index contributed by atoms with van der Waals surface area (Å²) < 4.78 is 0. The van der Waals surface area contributed by atoms with Crippen LogP contribution < -0.4 is 16.6 Å². The maximum absolute atomic E-state index is 13.1. The van der Waals surface area contributed by atoms with Crippen LogP contribution in [0, 0.1) is 0 Å². The Morgan fingerprint density at radius 1 is 0.905 bits per heavy atom. The van der Waals surface area contributed by atoms with Gasteiger partial charge >= 0.3 is 0 Å². The van der Waals surface area contributed by atoms with Crippen molar-refractivity contribution in [1.82, 2.24) is 25.5 Å². The fraction of sp³-hybridized carbons (Fsp3) is 0.265. The first-order valence-corrected chi connectivity index (χ1v) is 14.5. The van der Waals surface area contributed by atoms with Gasteiger partial charge in [-0.2, -0.15) is 5.10 Å². The van der Waals surface area contributed by atoms with Crippen molar-refractivity contribution in [3.63, 3.8) is 0 Å². The Bertz CT molecular complexity index is 1740. The van der Waals surface area contributed by atoms with E-state index in [0.717, 1.165) is 35.2 Å². The zero-order valence-corrected chi connectivity index (χ0v) is 23.5. The molecule has 42 heavy (non-hydrogen) atoms. The van der Waals surface area contributed by atoms with Crippen LogP contribution in [0.4, 0.5) is 0 Å². The highest BCUT2D eigenvalue weighted by Crippen LogP contribution is 2.49. The predicted molar refractivity (Wildman–Crippen MR) is 164 cm³/mol. The molecule has 7 rings (SSSR count). The molecule has 2 aliphatic carbocycles. The molecule has 2 aliphatic rings. The van der Waals surface area contributed by atoms with Gasteiger partial charge in [-0.25, -0.2) is 5.10 Å². The number of nitrogens with zero attached hydrogens (tertiary/aromatic N) is 3. The van der Waals surface area contributed by atoms with Crippen LogP contribution in [0.15, 0.2) is 90.0 Å². The van der Waals surface area contributed by atoms with Gasteiger partial charge in [-0.05, 0) is 79.5 Å². The van der Waals surface area contributed by atoms with Gasteiger partial charge in [0.2, 0.25) is 5.91 Å². The van der Waals surface area contributed by atoms with E-state index in [0.29, 0.717) is 23.0 Å². The van der Waals surface area contributed by atoms with Crippen molar-refractivity contribution >= 4 is 16.7 Å². The van der Waals surface area contributed by atoms with Gasteiger partial charge in [-0.1, -0.05) is 48.5 Å². The summed E-state index contributed by atoms with van der Waals surface area (Å²) in [5.74, 6) is -0.0297. The standard InChI is InChI=1S/C25H23N5O2.C9H11N/c26-13-22-21-12-18(7-9-20(21)23(31)30-29-22)25(10-11-25)24(32)28-15-19-8-6-17(14-27-19)16-4-2-1-3-5-16;1-2-6-9-8(4-1)5-3-7-10-9/h1-9,12,14H,10-11,13,15,26H2,(H,28,32)(H,30,31);3,5,7H,1-2,4,6H2. The number of aromatic amines is 1. The second kappa shape index (κ2) is 12.0. The highest BCUT2D eigenvalue weighted by molar-refractivity contribution is 5.93. The molecule has 0 bridgehead atoms. The van der Waals surface area contributed by atoms with E-state index in [9.17, 15) is 9.59 Å². The van der Waals surface area contributed by atoms with Gasteiger partial charge in [-0.3, -0.25) is 19.6 Å². The van der Waals surface area contributed by atoms with E-state index in [1.165, 1.54) is 36.9 Å². The molecule has 5 aromatic rings. The van der Waals surface area contributed by atoms with Crippen LogP contribution in [0.1, 0.15) is 53.9 Å². The van der Waals surface area contributed by atoms with E-state index >= 15 is 0 Å². The Kier molecular flexibility index (Phi) is 7.88. The first kappa shape index (κ1) is 27.5. The van der Waals surface area contributed by atoms with Gasteiger partial charge in [0, 0.05) is 35.6 Å². The first-order chi connectivity index (χ1) is 20.6. The number of hydrogen-bond acceptors (Lipinski definition) is 6. The summed E-state index contributed by atoms with van der Waals surface area (Å²) in [4.78, 5) is 34.0. The number of rotatable bonds is 6. The quantitative estimate of drug-likeness (QED) is 0.276. The summed E-state index contributed by atoms with van der Waals surface area (Å²) in [6.07, 6.45) is 10.3. The number of H-pyrrole nitrogens is 1. The smallest absolute Gasteiger partial charge is 0.272 e. The topological polar surface area (TPSA) is 127 Å². The third kappa shape index (κ3) is 5.71. The zero-order chi connectivity index (χ0) is 28.9. The number of benzene rings is 2. The summed E-state index contributed by atoms with van der Waals surface area (Å²) in [6.45, 7) is 0.569. The lowest BCUT2D eigenvalue weighted by Gasteiger charge is -2.17. The van der Waals surface area contributed by atoms with Gasteiger partial charge in [0.15, 0.2) is 0 Å². The van der Waals surface area contributed by atoms with Crippen molar-refractivity contribution in [2.45, 2.75) is 57.0 Å². The van der Waals surface area contributed by atoms with E-state index in [1.807, 2.05) is 73.1 Å². The number of pyridine rings is 2. The minimum absolute atomic E-state index is 0.0297. The monoisotopic (exact) mass is 558 g/mol. The molecule has 0 unspecified atom stereocenters. The summed E-state index contributed by atoms with van der Waals surface area (Å²) in [7, 11) is 0. The van der Waals surface area contributed by atoms with E-state index < -0.39 is 5.41 Å². The second-order valence-electron chi connectivity index (χ2n) is 10.9. The Morgan fingerprint density at radius 3 is 2.48 bits per heavy atom. The number of nitrogens with two attached hydrogens (primary N) is 1. The molecule has 3 aromatic heterocycles. The molecule has 0 atom stereocenters. The average molecular weight is 559 g/mol. The average Bonchev–Trinajstić information content (AvgIpc) is 3.87. The maximum atomic E-state index is 13.1. The summed E-state index contributed by atoms with van der Waals surface area (Å²) in [5.41, 5.74) is 12.2. The molecule has 8 nitrogen and oxygen atoms in total. The summed E-state index contributed by atoms with van der Waals surface area (Å²) in [6, 6.07) is 23.7. The number of fused-ring (bicyclic) bond motifs is 2. The van der Waals surface area contributed by atoms with E-state index in [4.69, 9.17) is 5.73 Å². The van der Waals surface area contributed by atoms with Crippen LogP contribution in [0.25, 0.3) is 21.9 Å². The van der Waals surface area contributed by atoms with Crippen LogP contribution in [-0.2, 0) is 36.1 Å². The molecule has 0 saturated heterocycles. The number of amides is 1. The van der Waals surface area contributed by atoms with Crippen molar-refractivity contribution in [3.8, 4) is 11.1 Å². The van der Waals surface area contributed by atoms with E-state index in [-0.39, 0.29) is 18.0 Å².